The quantitative estimate of drug-likeness (QED) is 0.203. The molecule has 10 heteroatoms. The van der Waals surface area contributed by atoms with Gasteiger partial charge in [0.2, 0.25) is 0 Å². The zero-order valence-corrected chi connectivity index (χ0v) is 23.5. The normalized spacial score (nSPS) is 12.3. The number of aromatic nitrogens is 1. The number of carbonyl (C=O) groups excluding carboxylic acids is 1. The Kier molecular flexibility index (Phi) is 14.4. The molecule has 0 aliphatic rings. The Balaban J connectivity index is 3.18. The molecule has 33 heavy (non-hydrogen) atoms. The molecule has 1 rings (SSSR count). The van der Waals surface area contributed by atoms with Crippen LogP contribution in [0.3, 0.4) is 0 Å². The smallest absolute Gasteiger partial charge is 0.374 e. The molecule has 0 radical (unpaired) electrons. The summed E-state index contributed by atoms with van der Waals surface area (Å²) in [5, 5.41) is 0. The highest BCUT2D eigenvalue weighted by Crippen LogP contribution is 2.25. The largest absolute Gasteiger partial charge is 0.501 e. The van der Waals surface area contributed by atoms with Gasteiger partial charge >= 0.3 is 17.6 Å². The molecule has 0 N–H and O–H groups in total. The van der Waals surface area contributed by atoms with E-state index >= 15 is 0 Å². The van der Waals surface area contributed by atoms with Gasteiger partial charge in [-0.05, 0) is 72.9 Å². The fourth-order valence-electron chi connectivity index (χ4n) is 3.94. The number of rotatable bonds is 19. The average Bonchev–Trinajstić information content (AvgIpc) is 2.77. The molecule has 0 unspecified atom stereocenters. The van der Waals surface area contributed by atoms with Gasteiger partial charge in [0, 0.05) is 63.5 Å². The van der Waals surface area contributed by atoms with Crippen LogP contribution in [0.1, 0.15) is 70.1 Å². The number of Topliss-reactive ketones (excluding diaryl/α,β-unsaturated/α-hetero) is 1. The van der Waals surface area contributed by atoms with Gasteiger partial charge in [-0.1, -0.05) is 0 Å². The molecule has 0 bridgehead atoms. The van der Waals surface area contributed by atoms with Crippen LogP contribution >= 0.6 is 0 Å². The fourth-order valence-corrected chi connectivity index (χ4v) is 9.06. The summed E-state index contributed by atoms with van der Waals surface area (Å²) < 4.78 is 35.9. The molecule has 1 aromatic rings. The summed E-state index contributed by atoms with van der Waals surface area (Å²) in [6, 6.07) is 3.07. The zero-order valence-electron chi connectivity index (χ0n) is 21.5. The minimum absolute atomic E-state index is 0.0129. The molecule has 0 saturated carbocycles. The second kappa shape index (κ2) is 15.8. The standard InChI is InChI=1S/C23H43NO7Si2/c1-8-26-32(27-9-2,28-10-3)18-15-21-14-17-24-22(23(21)20(7)25)16-19-33(29-11-4,30-12-5)31-13-6/h14,17H,8-13,15-16,18-19H2,1-7H3. The lowest BCUT2D eigenvalue weighted by Gasteiger charge is -2.29. The Morgan fingerprint density at radius 2 is 1.12 bits per heavy atom. The van der Waals surface area contributed by atoms with Crippen molar-refractivity contribution in [1.29, 1.82) is 0 Å². The molecule has 0 aliphatic carbocycles. The van der Waals surface area contributed by atoms with Crippen LogP contribution in [0, 0.1) is 0 Å². The molecule has 0 aromatic carbocycles. The van der Waals surface area contributed by atoms with Crippen molar-refractivity contribution < 1.29 is 31.4 Å². The van der Waals surface area contributed by atoms with E-state index in [1.807, 2.05) is 47.6 Å². The van der Waals surface area contributed by atoms with Crippen LogP contribution in [0.5, 0.6) is 0 Å². The minimum Gasteiger partial charge on any atom is -0.374 e. The number of carbonyl (C=O) groups is 1. The van der Waals surface area contributed by atoms with Crippen molar-refractivity contribution >= 4 is 23.4 Å². The maximum absolute atomic E-state index is 12.7. The Morgan fingerprint density at radius 3 is 1.48 bits per heavy atom. The van der Waals surface area contributed by atoms with Crippen LogP contribution in [0.2, 0.25) is 12.1 Å². The summed E-state index contributed by atoms with van der Waals surface area (Å²) in [5.41, 5.74) is 2.32. The van der Waals surface area contributed by atoms with Crippen molar-refractivity contribution in [3.63, 3.8) is 0 Å². The lowest BCUT2D eigenvalue weighted by Crippen LogP contribution is -2.46. The highest BCUT2D eigenvalue weighted by Gasteiger charge is 2.41. The van der Waals surface area contributed by atoms with Crippen molar-refractivity contribution in [2.24, 2.45) is 0 Å². The fraction of sp³-hybridized carbons (Fsp3) is 0.739. The van der Waals surface area contributed by atoms with Gasteiger partial charge in [0.25, 0.3) is 0 Å². The van der Waals surface area contributed by atoms with Crippen LogP contribution in [-0.4, -0.2) is 68.0 Å². The minimum atomic E-state index is -2.84. The zero-order chi connectivity index (χ0) is 24.7. The second-order valence-corrected chi connectivity index (χ2v) is 12.8. The van der Waals surface area contributed by atoms with Gasteiger partial charge in [0.15, 0.2) is 5.78 Å². The predicted molar refractivity (Wildman–Crippen MR) is 133 cm³/mol. The van der Waals surface area contributed by atoms with E-state index in [2.05, 4.69) is 4.98 Å². The van der Waals surface area contributed by atoms with Gasteiger partial charge in [-0.2, -0.15) is 0 Å². The number of ketones is 1. The van der Waals surface area contributed by atoms with E-state index in [1.54, 1.807) is 13.1 Å². The molecule has 0 atom stereocenters. The number of hydrogen-bond donors (Lipinski definition) is 0. The predicted octanol–water partition coefficient (Wildman–Crippen LogP) is 4.47. The topological polar surface area (TPSA) is 85.3 Å². The molecule has 0 fully saturated rings. The molecular formula is C23H43NO7Si2. The summed E-state index contributed by atoms with van der Waals surface area (Å²) >= 11 is 0. The van der Waals surface area contributed by atoms with Crippen LogP contribution in [0.15, 0.2) is 12.3 Å². The summed E-state index contributed by atoms with van der Waals surface area (Å²) in [5.74, 6) is -0.0129. The first-order valence-electron chi connectivity index (χ1n) is 12.2. The monoisotopic (exact) mass is 501 g/mol. The molecule has 190 valence electrons. The van der Waals surface area contributed by atoms with Crippen LogP contribution in [0.25, 0.3) is 0 Å². The first-order chi connectivity index (χ1) is 15.9. The van der Waals surface area contributed by atoms with Crippen molar-refractivity contribution in [3.05, 3.63) is 29.1 Å². The molecule has 1 heterocycles. The maximum Gasteiger partial charge on any atom is 0.501 e. The molecule has 8 nitrogen and oxygen atoms in total. The Bertz CT molecular complexity index is 623. The summed E-state index contributed by atoms with van der Waals surface area (Å²) in [6.45, 7) is 16.3. The van der Waals surface area contributed by atoms with Crippen LogP contribution in [0.4, 0.5) is 0 Å². The molecule has 0 amide bonds. The number of nitrogens with zero attached hydrogens (tertiary/aromatic N) is 1. The number of pyridine rings is 1. The van der Waals surface area contributed by atoms with Crippen LogP contribution < -0.4 is 0 Å². The van der Waals surface area contributed by atoms with E-state index in [-0.39, 0.29) is 5.78 Å². The van der Waals surface area contributed by atoms with Crippen molar-refractivity contribution in [3.8, 4) is 0 Å². The van der Waals surface area contributed by atoms with E-state index in [0.717, 1.165) is 11.3 Å². The average molecular weight is 502 g/mol. The van der Waals surface area contributed by atoms with Crippen molar-refractivity contribution in [1.82, 2.24) is 4.98 Å². The van der Waals surface area contributed by atoms with Gasteiger partial charge in [0.1, 0.15) is 0 Å². The molecule has 0 saturated heterocycles. The lowest BCUT2D eigenvalue weighted by molar-refractivity contribution is 0.0707. The van der Waals surface area contributed by atoms with E-state index < -0.39 is 17.6 Å². The van der Waals surface area contributed by atoms with Gasteiger partial charge in [-0.3, -0.25) is 9.78 Å². The van der Waals surface area contributed by atoms with E-state index in [9.17, 15) is 4.79 Å². The molecular weight excluding hydrogens is 458 g/mol. The first kappa shape index (κ1) is 30.0. The van der Waals surface area contributed by atoms with E-state index in [0.29, 0.717) is 70.1 Å². The Labute approximate surface area is 202 Å². The third kappa shape index (κ3) is 9.29. The van der Waals surface area contributed by atoms with Gasteiger partial charge in [0.05, 0.1) is 5.69 Å². The molecule has 0 aliphatic heterocycles. The molecule has 1 aromatic heterocycles. The SMILES string of the molecule is CCO[Si](CCc1ccnc(CC[Si](OCC)(OCC)OCC)c1C(C)=O)(OCC)OCC. The summed E-state index contributed by atoms with van der Waals surface area (Å²) in [6.07, 6.45) is 2.91. The third-order valence-corrected chi connectivity index (χ3v) is 11.1. The third-order valence-electron chi connectivity index (χ3n) is 5.02. The van der Waals surface area contributed by atoms with E-state index in [4.69, 9.17) is 26.6 Å². The number of hydrogen-bond acceptors (Lipinski definition) is 8. The lowest BCUT2D eigenvalue weighted by atomic mass is 10.00. The number of aryl methyl sites for hydroxylation is 2. The first-order valence-corrected chi connectivity index (χ1v) is 16.0. The molecule has 0 spiro atoms. The summed E-state index contributed by atoms with van der Waals surface area (Å²) in [7, 11) is -5.66. The van der Waals surface area contributed by atoms with Gasteiger partial charge in [-0.25, -0.2) is 0 Å². The second-order valence-electron chi connectivity index (χ2n) is 7.31. The highest BCUT2D eigenvalue weighted by molar-refractivity contribution is 6.61. The Morgan fingerprint density at radius 1 is 0.727 bits per heavy atom. The maximum atomic E-state index is 12.7. The van der Waals surface area contributed by atoms with Crippen molar-refractivity contribution in [2.45, 2.75) is 73.4 Å². The summed E-state index contributed by atoms with van der Waals surface area (Å²) in [4.78, 5) is 17.2. The Hall–Kier alpha value is -0.986. The van der Waals surface area contributed by atoms with Crippen molar-refractivity contribution in [2.75, 3.05) is 39.6 Å². The van der Waals surface area contributed by atoms with Crippen LogP contribution in [-0.2, 0) is 39.4 Å². The van der Waals surface area contributed by atoms with E-state index in [1.165, 1.54) is 0 Å². The van der Waals surface area contributed by atoms with Gasteiger partial charge < -0.3 is 26.6 Å². The van der Waals surface area contributed by atoms with Gasteiger partial charge in [-0.15, -0.1) is 0 Å². The highest BCUT2D eigenvalue weighted by atomic mass is 28.4.